The van der Waals surface area contributed by atoms with Gasteiger partial charge in [-0.25, -0.2) is 8.78 Å². The van der Waals surface area contributed by atoms with Crippen LogP contribution in [0.4, 0.5) is 8.78 Å². The second kappa shape index (κ2) is 7.27. The lowest BCUT2D eigenvalue weighted by molar-refractivity contribution is -0.0125. The molecule has 0 saturated carbocycles. The van der Waals surface area contributed by atoms with Crippen LogP contribution in [-0.2, 0) is 4.74 Å². The third kappa shape index (κ3) is 6.94. The van der Waals surface area contributed by atoms with E-state index >= 15 is 0 Å². The molecule has 1 rings (SSSR count). The van der Waals surface area contributed by atoms with Crippen molar-refractivity contribution in [2.24, 2.45) is 0 Å². The van der Waals surface area contributed by atoms with Crippen LogP contribution < -0.4 is 0 Å². The fourth-order valence-electron chi connectivity index (χ4n) is 1.70. The highest BCUT2D eigenvalue weighted by molar-refractivity contribution is 4.90. The predicted molar refractivity (Wildman–Crippen MR) is 67.9 cm³/mol. The third-order valence-electron chi connectivity index (χ3n) is 2.57. The molecule has 17 heavy (non-hydrogen) atoms. The Labute approximate surface area is 104 Å². The van der Waals surface area contributed by atoms with E-state index in [0.717, 1.165) is 0 Å². The first-order valence-electron chi connectivity index (χ1n) is 6.46. The fraction of sp³-hybridized carbons (Fsp3) is 1.00. The number of hydrogen-bond donors (Lipinski definition) is 0. The van der Waals surface area contributed by atoms with Gasteiger partial charge in [-0.2, -0.15) is 0 Å². The number of rotatable bonds is 4. The summed E-state index contributed by atoms with van der Waals surface area (Å²) in [6.45, 7) is 11.2. The Kier molecular flexibility index (Phi) is 7.17. The van der Waals surface area contributed by atoms with Gasteiger partial charge in [0.1, 0.15) is 6.67 Å². The van der Waals surface area contributed by atoms with Gasteiger partial charge >= 0.3 is 0 Å². The minimum Gasteiger partial charge on any atom is -0.375 e. The summed E-state index contributed by atoms with van der Waals surface area (Å²) < 4.78 is 31.4. The average Bonchev–Trinajstić information content (AvgIpc) is 2.63. The van der Waals surface area contributed by atoms with Gasteiger partial charge in [-0.15, -0.1) is 0 Å². The molecule has 0 aliphatic carbocycles. The quantitative estimate of drug-likeness (QED) is 0.760. The first kappa shape index (κ1) is 16.8. The molecule has 0 amide bonds. The van der Waals surface area contributed by atoms with Gasteiger partial charge in [-0.05, 0) is 27.2 Å². The minimum atomic E-state index is -1.61. The molecule has 1 saturated heterocycles. The van der Waals surface area contributed by atoms with Crippen LogP contribution in [0.5, 0.6) is 0 Å². The van der Waals surface area contributed by atoms with Crippen molar-refractivity contribution in [2.75, 3.05) is 32.9 Å². The normalized spacial score (nSPS) is 25.6. The lowest BCUT2D eigenvalue weighted by Crippen LogP contribution is -2.34. The topological polar surface area (TPSA) is 12.5 Å². The Bertz CT molecular complexity index is 206. The first-order chi connectivity index (χ1) is 7.85. The highest BCUT2D eigenvalue weighted by Gasteiger charge is 2.38. The molecule has 1 atom stereocenters. The minimum absolute atomic E-state index is 0.160. The van der Waals surface area contributed by atoms with E-state index in [1.54, 1.807) is 0 Å². The molecule has 0 spiro atoms. The van der Waals surface area contributed by atoms with Crippen molar-refractivity contribution in [1.82, 2.24) is 4.90 Å². The van der Waals surface area contributed by atoms with Gasteiger partial charge in [0.05, 0.1) is 12.2 Å². The number of halogens is 2. The van der Waals surface area contributed by atoms with Crippen molar-refractivity contribution in [3.8, 4) is 0 Å². The van der Waals surface area contributed by atoms with E-state index in [0.29, 0.717) is 26.1 Å². The van der Waals surface area contributed by atoms with Crippen LogP contribution in [0.2, 0.25) is 0 Å². The van der Waals surface area contributed by atoms with Crippen LogP contribution in [-0.4, -0.2) is 49.1 Å². The standard InChI is InChI=1S/C11H21F2NO.C2H6/c1-10(2,3)15-7-6-14-5-4-11(13,8-12)9-14;1-2/h4-9H2,1-3H3;1-2H3. The Balaban J connectivity index is 0.00000121. The van der Waals surface area contributed by atoms with Crippen molar-refractivity contribution in [3.05, 3.63) is 0 Å². The molecule has 0 bridgehead atoms. The van der Waals surface area contributed by atoms with Gasteiger partial charge in [-0.3, -0.25) is 4.90 Å². The number of alkyl halides is 2. The van der Waals surface area contributed by atoms with Gasteiger partial charge in [0.25, 0.3) is 0 Å². The summed E-state index contributed by atoms with van der Waals surface area (Å²) in [6, 6.07) is 0. The highest BCUT2D eigenvalue weighted by atomic mass is 19.2. The van der Waals surface area contributed by atoms with Crippen molar-refractivity contribution in [1.29, 1.82) is 0 Å². The molecule has 1 heterocycles. The van der Waals surface area contributed by atoms with Gasteiger partial charge in [0.2, 0.25) is 0 Å². The maximum atomic E-state index is 13.5. The Morgan fingerprint density at radius 1 is 1.29 bits per heavy atom. The summed E-state index contributed by atoms with van der Waals surface area (Å²) >= 11 is 0. The summed E-state index contributed by atoms with van der Waals surface area (Å²) in [7, 11) is 0. The molecule has 0 aromatic carbocycles. The molecule has 2 nitrogen and oxygen atoms in total. The summed E-state index contributed by atoms with van der Waals surface area (Å²) in [4.78, 5) is 1.92. The molecule has 0 radical (unpaired) electrons. The SMILES string of the molecule is CC.CC(C)(C)OCCN1CCC(F)(CF)C1. The summed E-state index contributed by atoms with van der Waals surface area (Å²) in [5, 5.41) is 0. The number of nitrogens with zero attached hydrogens (tertiary/aromatic N) is 1. The zero-order valence-electron chi connectivity index (χ0n) is 11.9. The lowest BCUT2D eigenvalue weighted by atomic mass is 10.1. The fourth-order valence-corrected chi connectivity index (χ4v) is 1.70. The van der Waals surface area contributed by atoms with Crippen LogP contribution in [0.1, 0.15) is 41.0 Å². The zero-order valence-corrected chi connectivity index (χ0v) is 11.9. The molecule has 1 aliphatic heterocycles. The summed E-state index contributed by atoms with van der Waals surface area (Å²) in [5.41, 5.74) is -1.77. The van der Waals surface area contributed by atoms with Crippen LogP contribution in [0.25, 0.3) is 0 Å². The molecule has 0 N–H and O–H groups in total. The van der Waals surface area contributed by atoms with Gasteiger partial charge in [0, 0.05) is 19.6 Å². The monoisotopic (exact) mass is 251 g/mol. The predicted octanol–water partition coefficient (Wildman–Crippen LogP) is 3.21. The zero-order chi connectivity index (χ0) is 13.5. The maximum absolute atomic E-state index is 13.5. The third-order valence-corrected chi connectivity index (χ3v) is 2.57. The first-order valence-corrected chi connectivity index (χ1v) is 6.46. The van der Waals surface area contributed by atoms with Gasteiger partial charge in [0.15, 0.2) is 5.67 Å². The van der Waals surface area contributed by atoms with E-state index in [9.17, 15) is 8.78 Å². The van der Waals surface area contributed by atoms with E-state index in [1.165, 1.54) is 0 Å². The van der Waals surface area contributed by atoms with E-state index in [-0.39, 0.29) is 12.1 Å². The van der Waals surface area contributed by atoms with E-state index in [2.05, 4.69) is 0 Å². The van der Waals surface area contributed by atoms with Crippen molar-refractivity contribution >= 4 is 0 Å². The molecule has 1 aliphatic rings. The second-order valence-corrected chi connectivity index (χ2v) is 5.27. The van der Waals surface area contributed by atoms with Crippen molar-refractivity contribution in [2.45, 2.75) is 52.3 Å². The lowest BCUT2D eigenvalue weighted by Gasteiger charge is -2.23. The molecule has 1 fully saturated rings. The Morgan fingerprint density at radius 3 is 2.29 bits per heavy atom. The molecule has 4 heteroatoms. The maximum Gasteiger partial charge on any atom is 0.152 e. The highest BCUT2D eigenvalue weighted by Crippen LogP contribution is 2.25. The molecule has 0 aromatic heterocycles. The molecule has 0 aromatic rings. The molecule has 104 valence electrons. The van der Waals surface area contributed by atoms with Crippen LogP contribution >= 0.6 is 0 Å². The van der Waals surface area contributed by atoms with E-state index in [1.807, 2.05) is 39.5 Å². The van der Waals surface area contributed by atoms with E-state index < -0.39 is 12.3 Å². The Hall–Kier alpha value is -0.220. The molecular formula is C13H27F2NO. The number of hydrogen-bond acceptors (Lipinski definition) is 2. The number of ether oxygens (including phenoxy) is 1. The second-order valence-electron chi connectivity index (χ2n) is 5.27. The Morgan fingerprint density at radius 2 is 1.88 bits per heavy atom. The van der Waals surface area contributed by atoms with Crippen LogP contribution in [0, 0.1) is 0 Å². The van der Waals surface area contributed by atoms with Crippen LogP contribution in [0.15, 0.2) is 0 Å². The summed E-state index contributed by atoms with van der Waals surface area (Å²) in [6.07, 6.45) is 0.305. The van der Waals surface area contributed by atoms with Crippen LogP contribution in [0.3, 0.4) is 0 Å². The largest absolute Gasteiger partial charge is 0.375 e. The van der Waals surface area contributed by atoms with Gasteiger partial charge in [-0.1, -0.05) is 13.8 Å². The number of likely N-dealkylation sites (tertiary alicyclic amines) is 1. The molecule has 1 unspecified atom stereocenters. The van der Waals surface area contributed by atoms with E-state index in [4.69, 9.17) is 4.74 Å². The summed E-state index contributed by atoms with van der Waals surface area (Å²) in [5.74, 6) is 0. The van der Waals surface area contributed by atoms with Crippen molar-refractivity contribution in [3.63, 3.8) is 0 Å². The average molecular weight is 251 g/mol. The molecular weight excluding hydrogens is 224 g/mol. The van der Waals surface area contributed by atoms with Gasteiger partial charge < -0.3 is 4.74 Å². The van der Waals surface area contributed by atoms with Crippen molar-refractivity contribution < 1.29 is 13.5 Å². The smallest absolute Gasteiger partial charge is 0.152 e.